The molecule has 176 valence electrons. The van der Waals surface area contributed by atoms with E-state index in [9.17, 15) is 22.8 Å². The third-order valence-electron chi connectivity index (χ3n) is 7.27. The molecule has 32 heavy (non-hydrogen) atoms. The van der Waals surface area contributed by atoms with Gasteiger partial charge in [-0.25, -0.2) is 4.79 Å². The number of hydrogen-bond donors (Lipinski definition) is 0. The normalized spacial score (nSPS) is 21.7. The maximum Gasteiger partial charge on any atom is 0.416 e. The highest BCUT2D eigenvalue weighted by atomic mass is 19.4. The molecule has 6 nitrogen and oxygen atoms in total. The van der Waals surface area contributed by atoms with Crippen LogP contribution in [-0.4, -0.2) is 67.2 Å². The molecule has 3 aliphatic heterocycles. The number of alkyl halides is 3. The zero-order valence-corrected chi connectivity index (χ0v) is 18.6. The lowest BCUT2D eigenvalue weighted by Gasteiger charge is -2.45. The summed E-state index contributed by atoms with van der Waals surface area (Å²) in [5, 5.41) is 0. The minimum absolute atomic E-state index is 0.226. The van der Waals surface area contributed by atoms with Crippen molar-refractivity contribution in [2.24, 2.45) is 0 Å². The number of rotatable bonds is 2. The number of likely N-dealkylation sites (tertiary alicyclic amines) is 2. The molecule has 3 heterocycles. The van der Waals surface area contributed by atoms with E-state index in [1.165, 1.54) is 17.9 Å². The summed E-state index contributed by atoms with van der Waals surface area (Å²) in [5.74, 6) is -0.226. The van der Waals surface area contributed by atoms with Crippen molar-refractivity contribution in [2.75, 3.05) is 44.2 Å². The molecule has 9 heteroatoms. The zero-order valence-electron chi connectivity index (χ0n) is 18.6. The Labute approximate surface area is 186 Å². The second kappa shape index (κ2) is 8.57. The van der Waals surface area contributed by atoms with Crippen LogP contribution in [0.3, 0.4) is 0 Å². The molecular weight excluding hydrogens is 423 g/mol. The summed E-state index contributed by atoms with van der Waals surface area (Å²) in [6, 6.07) is 4.48. The summed E-state index contributed by atoms with van der Waals surface area (Å²) < 4.78 is 46.7. The number of ether oxygens (including phenoxy) is 1. The van der Waals surface area contributed by atoms with Gasteiger partial charge in [-0.05, 0) is 63.4 Å². The first kappa shape index (κ1) is 22.9. The van der Waals surface area contributed by atoms with Gasteiger partial charge in [-0.2, -0.15) is 13.2 Å². The molecular formula is C23H30F3N3O3. The number of anilines is 1. The van der Waals surface area contributed by atoms with Gasteiger partial charge in [0.05, 0.1) is 12.2 Å². The van der Waals surface area contributed by atoms with Crippen molar-refractivity contribution >= 4 is 17.7 Å². The minimum atomic E-state index is -4.46. The van der Waals surface area contributed by atoms with Crippen LogP contribution < -0.4 is 4.90 Å². The van der Waals surface area contributed by atoms with E-state index in [4.69, 9.17) is 4.74 Å². The first-order chi connectivity index (χ1) is 15.2. The van der Waals surface area contributed by atoms with Gasteiger partial charge in [0.25, 0.3) is 0 Å². The summed E-state index contributed by atoms with van der Waals surface area (Å²) in [7, 11) is 0. The van der Waals surface area contributed by atoms with Crippen LogP contribution in [0.5, 0.6) is 0 Å². The number of halogens is 3. The number of fused-ring (bicyclic) bond motifs is 2. The maximum atomic E-state index is 13.9. The van der Waals surface area contributed by atoms with E-state index in [0.717, 1.165) is 18.9 Å². The molecule has 0 radical (unpaired) electrons. The molecule has 0 atom stereocenters. The van der Waals surface area contributed by atoms with Gasteiger partial charge in [0.2, 0.25) is 5.91 Å². The Bertz CT molecular complexity index is 873. The second-order valence-electron chi connectivity index (χ2n) is 9.04. The Morgan fingerprint density at radius 3 is 2.34 bits per heavy atom. The fraction of sp³-hybridized carbons (Fsp3) is 0.652. The molecule has 2 fully saturated rings. The van der Waals surface area contributed by atoms with Crippen LogP contribution >= 0.6 is 0 Å². The number of nitrogens with zero attached hydrogens (tertiary/aromatic N) is 3. The molecule has 0 saturated carbocycles. The average molecular weight is 454 g/mol. The average Bonchev–Trinajstić information content (AvgIpc) is 3.08. The molecule has 0 N–H and O–H groups in total. The maximum absolute atomic E-state index is 13.9. The quantitative estimate of drug-likeness (QED) is 0.679. The lowest BCUT2D eigenvalue weighted by molar-refractivity contribution is -0.138. The predicted octanol–water partition coefficient (Wildman–Crippen LogP) is 4.03. The number of piperidine rings is 2. The Kier molecular flexibility index (Phi) is 6.13. The standard InChI is InChI=1S/C23H30F3N3O3/c1-3-32-21(31)28-11-7-17(8-12-28)27-13-9-22(10-14-27)15-29(16(2)30)19-6-4-5-18(20(19)22)23(24,25)26/h4-6,17H,3,7-15H2,1-2H3. The third kappa shape index (κ3) is 4.07. The first-order valence-electron chi connectivity index (χ1n) is 11.3. The second-order valence-corrected chi connectivity index (χ2v) is 9.04. The van der Waals surface area contributed by atoms with Gasteiger partial charge in [0.15, 0.2) is 0 Å². The van der Waals surface area contributed by atoms with Gasteiger partial charge in [-0.1, -0.05) is 6.07 Å². The fourth-order valence-corrected chi connectivity index (χ4v) is 5.66. The van der Waals surface area contributed by atoms with Crippen molar-refractivity contribution in [1.29, 1.82) is 0 Å². The van der Waals surface area contributed by atoms with Crippen LogP contribution in [0.4, 0.5) is 23.7 Å². The summed E-state index contributed by atoms with van der Waals surface area (Å²) in [6.07, 6.45) is -1.92. The van der Waals surface area contributed by atoms with E-state index in [2.05, 4.69) is 4.90 Å². The Morgan fingerprint density at radius 1 is 1.12 bits per heavy atom. The highest BCUT2D eigenvalue weighted by Crippen LogP contribution is 2.52. The molecule has 0 aliphatic carbocycles. The van der Waals surface area contributed by atoms with Crippen molar-refractivity contribution in [3.05, 3.63) is 29.3 Å². The summed E-state index contributed by atoms with van der Waals surface area (Å²) >= 11 is 0. The van der Waals surface area contributed by atoms with E-state index in [-0.39, 0.29) is 12.0 Å². The molecule has 1 spiro atoms. The van der Waals surface area contributed by atoms with Crippen LogP contribution in [0.1, 0.15) is 50.7 Å². The largest absolute Gasteiger partial charge is 0.450 e. The first-order valence-corrected chi connectivity index (χ1v) is 11.3. The highest BCUT2D eigenvalue weighted by molar-refractivity contribution is 5.95. The lowest BCUT2D eigenvalue weighted by atomic mass is 9.72. The topological polar surface area (TPSA) is 53.1 Å². The van der Waals surface area contributed by atoms with Crippen LogP contribution in [0.25, 0.3) is 0 Å². The van der Waals surface area contributed by atoms with E-state index < -0.39 is 17.2 Å². The molecule has 0 unspecified atom stereocenters. The number of carbonyl (C=O) groups is 2. The van der Waals surface area contributed by atoms with Crippen LogP contribution in [0.15, 0.2) is 18.2 Å². The van der Waals surface area contributed by atoms with Gasteiger partial charge in [0, 0.05) is 43.7 Å². The Balaban J connectivity index is 1.49. The molecule has 4 rings (SSSR count). The van der Waals surface area contributed by atoms with E-state index in [1.54, 1.807) is 17.9 Å². The van der Waals surface area contributed by atoms with Gasteiger partial charge in [-0.3, -0.25) is 4.79 Å². The molecule has 1 aromatic rings. The SMILES string of the molecule is CCOC(=O)N1CCC(N2CCC3(CC2)CN(C(C)=O)c2cccc(C(F)(F)F)c23)CC1. The Hall–Kier alpha value is -2.29. The van der Waals surface area contributed by atoms with Crippen molar-refractivity contribution in [3.8, 4) is 0 Å². The van der Waals surface area contributed by atoms with Crippen LogP contribution in [0, 0.1) is 0 Å². The summed E-state index contributed by atoms with van der Waals surface area (Å²) in [4.78, 5) is 29.7. The van der Waals surface area contributed by atoms with Crippen molar-refractivity contribution in [2.45, 2.75) is 57.2 Å². The van der Waals surface area contributed by atoms with E-state index in [0.29, 0.717) is 69.5 Å². The third-order valence-corrected chi connectivity index (χ3v) is 7.27. The molecule has 3 aliphatic rings. The lowest BCUT2D eigenvalue weighted by Crippen LogP contribution is -2.52. The number of carbonyl (C=O) groups excluding carboxylic acids is 2. The van der Waals surface area contributed by atoms with Crippen LogP contribution in [-0.2, 0) is 21.1 Å². The van der Waals surface area contributed by atoms with E-state index in [1.807, 2.05) is 0 Å². The molecule has 1 aromatic carbocycles. The van der Waals surface area contributed by atoms with E-state index >= 15 is 0 Å². The monoisotopic (exact) mass is 453 g/mol. The van der Waals surface area contributed by atoms with Gasteiger partial charge < -0.3 is 19.4 Å². The summed E-state index contributed by atoms with van der Waals surface area (Å²) in [6.45, 7) is 6.48. The van der Waals surface area contributed by atoms with Crippen molar-refractivity contribution < 1.29 is 27.5 Å². The molecule has 0 bridgehead atoms. The summed E-state index contributed by atoms with van der Waals surface area (Å²) in [5.41, 5.74) is -0.590. The van der Waals surface area contributed by atoms with Crippen molar-refractivity contribution in [3.63, 3.8) is 0 Å². The number of amides is 2. The predicted molar refractivity (Wildman–Crippen MR) is 114 cm³/mol. The minimum Gasteiger partial charge on any atom is -0.450 e. The molecule has 2 saturated heterocycles. The highest BCUT2D eigenvalue weighted by Gasteiger charge is 2.51. The van der Waals surface area contributed by atoms with Gasteiger partial charge in [-0.15, -0.1) is 0 Å². The van der Waals surface area contributed by atoms with Gasteiger partial charge >= 0.3 is 12.3 Å². The Morgan fingerprint density at radius 2 is 1.78 bits per heavy atom. The van der Waals surface area contributed by atoms with Crippen LogP contribution in [0.2, 0.25) is 0 Å². The number of benzene rings is 1. The molecule has 0 aromatic heterocycles. The zero-order chi connectivity index (χ0) is 23.1. The fourth-order valence-electron chi connectivity index (χ4n) is 5.66. The van der Waals surface area contributed by atoms with Crippen molar-refractivity contribution in [1.82, 2.24) is 9.80 Å². The molecule has 2 amide bonds. The number of hydrogen-bond acceptors (Lipinski definition) is 4. The smallest absolute Gasteiger partial charge is 0.416 e. The van der Waals surface area contributed by atoms with Gasteiger partial charge in [0.1, 0.15) is 0 Å².